The molecule has 6 N–H and O–H groups in total. The van der Waals surface area contributed by atoms with Crippen molar-refractivity contribution in [2.45, 2.75) is 168 Å². The van der Waals surface area contributed by atoms with Crippen molar-refractivity contribution in [1.29, 1.82) is 0 Å². The van der Waals surface area contributed by atoms with Crippen LogP contribution in [0, 0.1) is 62.8 Å². The van der Waals surface area contributed by atoms with Gasteiger partial charge in [0.05, 0.1) is 68.3 Å². The SMILES string of the molecule is C.C.C.COc1ccc(CN2CCc3c(C)nn(C)c3C2=O)cc1.COc1ccc(CN2CCc3c(C)nn(C)c3C2=O)cc1.COc1ccc(CN2CCc3c(nn(C)c3C)C2=O)cc1.COc1ccc(CN2CCc3c(nn(C)c3C)C2=O)cc1.Cc1c2c(nn1C)C=NCC2.Cc1c2c(nn1C)CNCC2.Cc1nn(C)c2c1CCN=C2.Cc1nn(C)c2c1CCNC2.O.O.[CH3-].[O]=[Mn]=[O].[Pd].[Pd]. The Morgan fingerprint density at radius 2 is 0.647 bits per heavy atom. The summed E-state index contributed by atoms with van der Waals surface area (Å²) in [5.41, 5.74) is 30.9. The summed E-state index contributed by atoms with van der Waals surface area (Å²) in [5.74, 6) is 3.48. The smallest absolute Gasteiger partial charge is 0 e. The van der Waals surface area contributed by atoms with E-state index in [9.17, 15) is 19.2 Å². The first-order chi connectivity index (χ1) is 63.0. The molecule has 8 aromatic heterocycles. The van der Waals surface area contributed by atoms with Crippen LogP contribution in [0.1, 0.15) is 199 Å². The maximum Gasteiger partial charge on any atom is 0 e. The molecule has 0 aliphatic carbocycles. The van der Waals surface area contributed by atoms with Gasteiger partial charge in [0.25, 0.3) is 23.6 Å². The van der Waals surface area contributed by atoms with Gasteiger partial charge in [-0.15, -0.1) is 0 Å². The molecule has 20 rings (SSSR count). The van der Waals surface area contributed by atoms with Gasteiger partial charge in [-0.05, 0) is 202 Å². The van der Waals surface area contributed by atoms with Crippen molar-refractivity contribution in [1.82, 2.24) is 108 Å². The Hall–Kier alpha value is -11.7. The number of nitrogens with zero attached hydrogens (tertiary/aromatic N) is 22. The Labute approximate surface area is 851 Å². The van der Waals surface area contributed by atoms with E-state index in [0.29, 0.717) is 37.6 Å². The quantitative estimate of drug-likeness (QED) is 0.0847. The van der Waals surface area contributed by atoms with Gasteiger partial charge < -0.3 is 67.6 Å². The fourth-order valence-corrected chi connectivity index (χ4v) is 17.4. The third-order valence-corrected chi connectivity index (χ3v) is 25.2. The minimum atomic E-state index is -1.44. The summed E-state index contributed by atoms with van der Waals surface area (Å²) in [4.78, 5) is 66.2. The minimum absolute atomic E-state index is 0. The summed E-state index contributed by atoms with van der Waals surface area (Å²) >= 11 is -1.44. The van der Waals surface area contributed by atoms with Crippen molar-refractivity contribution in [2.75, 3.05) is 80.8 Å². The molecule has 0 fully saturated rings. The molecule has 0 unspecified atom stereocenters. The van der Waals surface area contributed by atoms with Gasteiger partial charge in [0.1, 0.15) is 40.1 Å². The number of rotatable bonds is 12. The number of nitrogens with one attached hydrogen (secondary N) is 2. The average molecular weight is 2140 g/mol. The van der Waals surface area contributed by atoms with E-state index in [1.165, 1.54) is 56.4 Å². The van der Waals surface area contributed by atoms with Crippen LogP contribution in [0.5, 0.6) is 23.0 Å². The second-order valence-corrected chi connectivity index (χ2v) is 33.5. The molecule has 36 nitrogen and oxygen atoms in total. The fraction of sp³-hybridized carbons (Fsp3) is 0.450. The number of methoxy groups -OCH3 is 4. The Bertz CT molecular complexity index is 5860. The number of ether oxygens (including phenoxy) is 4. The number of benzene rings is 4. The molecule has 8 aliphatic rings. The first-order valence-electron chi connectivity index (χ1n) is 44.1. The molecule has 763 valence electrons. The molecule has 39 heteroatoms. The van der Waals surface area contributed by atoms with E-state index >= 15 is 0 Å². The van der Waals surface area contributed by atoms with Crippen LogP contribution in [-0.2, 0) is 210 Å². The number of aryl methyl sites for hydroxylation is 12. The van der Waals surface area contributed by atoms with Crippen LogP contribution in [0.25, 0.3) is 0 Å². The summed E-state index contributed by atoms with van der Waals surface area (Å²) in [6.45, 7) is 27.7. The van der Waals surface area contributed by atoms with E-state index < -0.39 is 14.8 Å². The predicted molar refractivity (Wildman–Crippen MR) is 528 cm³/mol. The Kier molecular flexibility index (Phi) is 47.6. The normalized spacial score (nSPS) is 13.7. The summed E-state index contributed by atoms with van der Waals surface area (Å²) in [7, 11) is 22.0. The maximum atomic E-state index is 12.6. The molecule has 0 radical (unpaired) electrons. The maximum absolute atomic E-state index is 12.6. The van der Waals surface area contributed by atoms with Gasteiger partial charge in [-0.25, -0.2) is 0 Å². The molecule has 0 saturated carbocycles. The third-order valence-electron chi connectivity index (χ3n) is 25.2. The van der Waals surface area contributed by atoms with Gasteiger partial charge in [0.2, 0.25) is 0 Å². The molecule has 12 aromatic rings. The number of hydrogen-bond acceptors (Lipinski definition) is 22. The molecule has 4 aromatic carbocycles. The molecular weight excluding hydrogens is 2000 g/mol. The zero-order valence-corrected chi connectivity index (χ0v) is 86.2. The predicted octanol–water partition coefficient (Wildman–Crippen LogP) is 10.4. The van der Waals surface area contributed by atoms with Crippen LogP contribution in [0.2, 0.25) is 0 Å². The number of carbonyl (C=O) groups excluding carboxylic acids is 4. The first kappa shape index (κ1) is 120. The van der Waals surface area contributed by atoms with Gasteiger partial charge in [-0.3, -0.25) is 66.6 Å². The monoisotopic (exact) mass is 2140 g/mol. The number of aliphatic imine (C=N–C) groups is 2. The van der Waals surface area contributed by atoms with Crippen LogP contribution in [-0.4, -0.2) is 226 Å². The standard InChI is InChI=1S/4C16H19N3O2.C8H13N3.C8H11N3.C8H13N3.C8H11N3.3CH4.CH3.Mn.2H2O.2O.2Pd/c2*1-11-14-8-9-19(16(20)15(14)17-18(11)2)10-12-4-6-13(21-3)7-5-12;2*1-11-14-8-9-19(16(20)15(14)18(2)17-11)10-12-4-6-13(21-3)7-5-12;2*1-6-7-3-4-9-5-8(7)10-11(6)2;2*1-6-7-3-4-9-5-8(7)11(2)10-6;;;;;;;;;;;/h4*4-7H,8-10H2,1-3H3;9H,3-5H2,1-2H3;5H,3-4H2,1-2H3;9H,3-5H2,1-2H3;5H,3-4H2,1-2H3;3*1H4;1H3;;2*1H2;;;;/q;;;;;;;;;;;-1;;;;;;;. The molecule has 8 aliphatic heterocycles. The number of carbonyl (C=O) groups is 4. The van der Waals surface area contributed by atoms with Crippen LogP contribution in [0.4, 0.5) is 0 Å². The second-order valence-electron chi connectivity index (χ2n) is 33.3. The van der Waals surface area contributed by atoms with Gasteiger partial charge in [0, 0.05) is 244 Å². The van der Waals surface area contributed by atoms with E-state index in [2.05, 4.69) is 89.1 Å². The van der Waals surface area contributed by atoms with E-state index in [0.717, 1.165) is 230 Å². The molecular formula is C100H143MnN24O12Pd2-. The number of aromatic nitrogens is 16. The zero-order chi connectivity index (χ0) is 94.0. The number of fused-ring (bicyclic) bond motifs is 8. The van der Waals surface area contributed by atoms with Crippen molar-refractivity contribution < 1.29 is 112 Å². The number of hydrogen-bond donors (Lipinski definition) is 2. The summed E-state index contributed by atoms with van der Waals surface area (Å²) < 4.78 is 52.2. The molecule has 0 spiro atoms. The fourth-order valence-electron chi connectivity index (χ4n) is 17.4. The van der Waals surface area contributed by atoms with Crippen LogP contribution < -0.4 is 29.6 Å². The van der Waals surface area contributed by atoms with Gasteiger partial charge in [0.15, 0.2) is 11.4 Å². The summed E-state index contributed by atoms with van der Waals surface area (Å²) in [6, 6.07) is 31.3. The van der Waals surface area contributed by atoms with Gasteiger partial charge in [-0.1, -0.05) is 70.8 Å². The third kappa shape index (κ3) is 28.8. The second kappa shape index (κ2) is 55.3. The first-order valence-corrected chi connectivity index (χ1v) is 45.1. The molecule has 0 saturated heterocycles. The zero-order valence-electron chi connectivity index (χ0n) is 81.9. The van der Waals surface area contributed by atoms with E-state index in [1.807, 2.05) is 232 Å². The van der Waals surface area contributed by atoms with Crippen molar-refractivity contribution in [3.63, 3.8) is 0 Å². The Balaban J connectivity index is 0.000000332. The average Bonchev–Trinajstić information content (AvgIpc) is 1.64. The van der Waals surface area contributed by atoms with Crippen molar-refractivity contribution in [3.8, 4) is 23.0 Å². The topological polar surface area (TPSA) is 407 Å². The molecule has 16 heterocycles. The molecule has 139 heavy (non-hydrogen) atoms. The summed E-state index contributed by atoms with van der Waals surface area (Å²) in [5, 5.41) is 41.5. The van der Waals surface area contributed by atoms with E-state index in [1.54, 1.807) is 47.2 Å². The van der Waals surface area contributed by atoms with Gasteiger partial charge >= 0.3 is 22.5 Å². The van der Waals surface area contributed by atoms with E-state index in [-0.39, 0.29) is 105 Å². The molecule has 4 amide bonds. The van der Waals surface area contributed by atoms with E-state index in [4.69, 9.17) is 26.6 Å². The minimum Gasteiger partial charge on any atom is 0 e. The number of amides is 4. The summed E-state index contributed by atoms with van der Waals surface area (Å²) in [6.07, 6.45) is 11.6. The van der Waals surface area contributed by atoms with Crippen molar-refractivity contribution in [2.24, 2.45) is 66.4 Å². The Morgan fingerprint density at radius 1 is 0.338 bits per heavy atom. The largest absolute Gasteiger partial charge is 0 e. The molecule has 0 bridgehead atoms. The van der Waals surface area contributed by atoms with Crippen molar-refractivity contribution >= 4 is 36.1 Å². The van der Waals surface area contributed by atoms with Gasteiger partial charge in [-0.2, -0.15) is 40.8 Å². The van der Waals surface area contributed by atoms with Crippen LogP contribution >= 0.6 is 0 Å². The van der Waals surface area contributed by atoms with Crippen LogP contribution in [0.15, 0.2) is 107 Å². The van der Waals surface area contributed by atoms with Crippen LogP contribution in [0.3, 0.4) is 0 Å². The Morgan fingerprint density at radius 3 is 1.02 bits per heavy atom. The van der Waals surface area contributed by atoms with Crippen molar-refractivity contribution in [3.05, 3.63) is 262 Å². The molecule has 0 atom stereocenters.